The molecule has 1 aliphatic rings. The van der Waals surface area contributed by atoms with Crippen LogP contribution < -0.4 is 0 Å². The standard InChI is InChI=1S/C20H20O2/c1-2-3-14-17-18(15-10-6-4-7-11-15)19(20(21)22-17)16-12-8-5-9-13-16/h4-13,17H,2-3,14H2,1H3. The van der Waals surface area contributed by atoms with Crippen LogP contribution in [0.2, 0.25) is 0 Å². The Labute approximate surface area is 131 Å². The molecule has 1 aliphatic heterocycles. The minimum atomic E-state index is -0.203. The summed E-state index contributed by atoms with van der Waals surface area (Å²) in [5, 5.41) is 0. The second kappa shape index (κ2) is 6.61. The lowest BCUT2D eigenvalue weighted by molar-refractivity contribution is -0.137. The van der Waals surface area contributed by atoms with Crippen LogP contribution in [0.15, 0.2) is 60.7 Å². The summed E-state index contributed by atoms with van der Waals surface area (Å²) in [5.74, 6) is -0.203. The molecule has 2 aromatic rings. The van der Waals surface area contributed by atoms with Crippen molar-refractivity contribution in [2.45, 2.75) is 32.3 Å². The van der Waals surface area contributed by atoms with Crippen LogP contribution in [0.4, 0.5) is 0 Å². The zero-order valence-corrected chi connectivity index (χ0v) is 12.8. The van der Waals surface area contributed by atoms with Crippen molar-refractivity contribution < 1.29 is 9.53 Å². The largest absolute Gasteiger partial charge is 0.454 e. The number of benzene rings is 2. The molecule has 1 atom stereocenters. The highest BCUT2D eigenvalue weighted by Gasteiger charge is 2.34. The number of hydrogen-bond acceptors (Lipinski definition) is 2. The lowest BCUT2D eigenvalue weighted by atomic mass is 9.91. The molecule has 112 valence electrons. The summed E-state index contributed by atoms with van der Waals surface area (Å²) in [6.45, 7) is 2.15. The van der Waals surface area contributed by atoms with Crippen LogP contribution in [-0.2, 0) is 9.53 Å². The van der Waals surface area contributed by atoms with E-state index in [9.17, 15) is 4.79 Å². The van der Waals surface area contributed by atoms with Gasteiger partial charge >= 0.3 is 5.97 Å². The highest BCUT2D eigenvalue weighted by molar-refractivity contribution is 6.27. The first-order valence-corrected chi connectivity index (χ1v) is 7.87. The molecule has 1 heterocycles. The fourth-order valence-corrected chi connectivity index (χ4v) is 2.94. The molecule has 1 unspecified atom stereocenters. The van der Waals surface area contributed by atoms with Crippen molar-refractivity contribution in [3.05, 3.63) is 71.8 Å². The molecule has 22 heavy (non-hydrogen) atoms. The van der Waals surface area contributed by atoms with Crippen LogP contribution in [0.25, 0.3) is 11.1 Å². The van der Waals surface area contributed by atoms with Crippen LogP contribution >= 0.6 is 0 Å². The number of ether oxygens (including phenoxy) is 1. The van der Waals surface area contributed by atoms with Gasteiger partial charge in [0.2, 0.25) is 0 Å². The molecule has 2 nitrogen and oxygen atoms in total. The molecule has 0 fully saturated rings. The molecule has 0 radical (unpaired) electrons. The maximum Gasteiger partial charge on any atom is 0.339 e. The van der Waals surface area contributed by atoms with Crippen molar-refractivity contribution in [2.75, 3.05) is 0 Å². The molecule has 3 rings (SSSR count). The van der Waals surface area contributed by atoms with E-state index in [4.69, 9.17) is 4.74 Å². The van der Waals surface area contributed by atoms with E-state index in [0.29, 0.717) is 5.57 Å². The smallest absolute Gasteiger partial charge is 0.339 e. The Bertz CT molecular complexity index is 671. The lowest BCUT2D eigenvalue weighted by Gasteiger charge is -2.14. The van der Waals surface area contributed by atoms with Gasteiger partial charge < -0.3 is 4.74 Å². The average molecular weight is 292 g/mol. The summed E-state index contributed by atoms with van der Waals surface area (Å²) in [7, 11) is 0. The van der Waals surface area contributed by atoms with Gasteiger partial charge in [-0.1, -0.05) is 74.0 Å². The Balaban J connectivity index is 2.11. The summed E-state index contributed by atoms with van der Waals surface area (Å²) in [6, 6.07) is 19.9. The molecule has 0 amide bonds. The Kier molecular flexibility index (Phi) is 4.38. The predicted molar refractivity (Wildman–Crippen MR) is 89.1 cm³/mol. The van der Waals surface area contributed by atoms with Crippen molar-refractivity contribution >= 4 is 17.1 Å². The fraction of sp³-hybridized carbons (Fsp3) is 0.250. The molecule has 0 saturated carbocycles. The third kappa shape index (κ3) is 2.82. The topological polar surface area (TPSA) is 26.3 Å². The van der Waals surface area contributed by atoms with Crippen LogP contribution in [0.5, 0.6) is 0 Å². The van der Waals surface area contributed by atoms with Crippen molar-refractivity contribution in [2.24, 2.45) is 0 Å². The zero-order valence-electron chi connectivity index (χ0n) is 12.8. The van der Waals surface area contributed by atoms with Gasteiger partial charge in [-0.3, -0.25) is 0 Å². The number of esters is 1. The number of rotatable bonds is 5. The Hall–Kier alpha value is -2.35. The van der Waals surface area contributed by atoms with Gasteiger partial charge in [0.15, 0.2) is 0 Å². The van der Waals surface area contributed by atoms with Gasteiger partial charge in [0, 0.05) is 5.57 Å². The van der Waals surface area contributed by atoms with Gasteiger partial charge in [-0.25, -0.2) is 4.79 Å². The van der Waals surface area contributed by atoms with Gasteiger partial charge in [0.1, 0.15) is 6.10 Å². The van der Waals surface area contributed by atoms with E-state index < -0.39 is 0 Å². The number of carbonyl (C=O) groups excluding carboxylic acids is 1. The number of carbonyl (C=O) groups is 1. The van der Waals surface area contributed by atoms with E-state index in [1.165, 1.54) is 0 Å². The molecule has 0 aliphatic carbocycles. The van der Waals surface area contributed by atoms with Crippen molar-refractivity contribution in [3.63, 3.8) is 0 Å². The first-order chi connectivity index (χ1) is 10.8. The Morgan fingerprint density at radius 1 is 0.909 bits per heavy atom. The van der Waals surface area contributed by atoms with E-state index in [0.717, 1.165) is 36.0 Å². The zero-order chi connectivity index (χ0) is 15.4. The molecule has 0 aromatic heterocycles. The number of unbranched alkanes of at least 4 members (excludes halogenated alkanes) is 1. The molecular formula is C20H20O2. The number of hydrogen-bond donors (Lipinski definition) is 0. The maximum absolute atomic E-state index is 12.5. The minimum Gasteiger partial charge on any atom is -0.454 e. The third-order valence-corrected chi connectivity index (χ3v) is 4.01. The molecule has 0 bridgehead atoms. The van der Waals surface area contributed by atoms with E-state index in [1.54, 1.807) is 0 Å². The number of cyclic esters (lactones) is 1. The predicted octanol–water partition coefficient (Wildman–Crippen LogP) is 4.71. The first-order valence-electron chi connectivity index (χ1n) is 7.87. The summed E-state index contributed by atoms with van der Waals surface area (Å²) < 4.78 is 5.68. The average Bonchev–Trinajstić information content (AvgIpc) is 2.91. The molecule has 2 aromatic carbocycles. The molecule has 2 heteroatoms. The highest BCUT2D eigenvalue weighted by atomic mass is 16.5. The van der Waals surface area contributed by atoms with Gasteiger partial charge in [0.05, 0.1) is 5.57 Å². The molecule has 0 saturated heterocycles. The van der Waals surface area contributed by atoms with Crippen LogP contribution in [0, 0.1) is 0 Å². The third-order valence-electron chi connectivity index (χ3n) is 4.01. The van der Waals surface area contributed by atoms with Gasteiger partial charge in [0.25, 0.3) is 0 Å². The second-order valence-corrected chi connectivity index (χ2v) is 5.56. The van der Waals surface area contributed by atoms with Crippen LogP contribution in [-0.4, -0.2) is 12.1 Å². The highest BCUT2D eigenvalue weighted by Crippen LogP contribution is 2.39. The van der Waals surface area contributed by atoms with Gasteiger partial charge in [-0.15, -0.1) is 0 Å². The van der Waals surface area contributed by atoms with E-state index in [1.807, 2.05) is 48.5 Å². The second-order valence-electron chi connectivity index (χ2n) is 5.56. The van der Waals surface area contributed by atoms with Crippen LogP contribution in [0.1, 0.15) is 37.3 Å². The van der Waals surface area contributed by atoms with Gasteiger partial charge in [-0.05, 0) is 24.0 Å². The first kappa shape index (κ1) is 14.6. The Morgan fingerprint density at radius 3 is 2.09 bits per heavy atom. The monoisotopic (exact) mass is 292 g/mol. The van der Waals surface area contributed by atoms with E-state index in [-0.39, 0.29) is 12.1 Å². The van der Waals surface area contributed by atoms with E-state index >= 15 is 0 Å². The summed E-state index contributed by atoms with van der Waals surface area (Å²) in [6.07, 6.45) is 2.89. The molecule has 0 N–H and O–H groups in total. The summed E-state index contributed by atoms with van der Waals surface area (Å²) >= 11 is 0. The maximum atomic E-state index is 12.5. The van der Waals surface area contributed by atoms with Gasteiger partial charge in [-0.2, -0.15) is 0 Å². The lowest BCUT2D eigenvalue weighted by Crippen LogP contribution is -2.11. The fourth-order valence-electron chi connectivity index (χ4n) is 2.94. The molecule has 0 spiro atoms. The summed E-state index contributed by atoms with van der Waals surface area (Å²) in [4.78, 5) is 12.5. The summed E-state index contributed by atoms with van der Waals surface area (Å²) in [5.41, 5.74) is 3.76. The quantitative estimate of drug-likeness (QED) is 0.746. The Morgan fingerprint density at radius 2 is 1.50 bits per heavy atom. The van der Waals surface area contributed by atoms with Crippen molar-refractivity contribution in [1.82, 2.24) is 0 Å². The minimum absolute atomic E-state index is 0.134. The van der Waals surface area contributed by atoms with Crippen molar-refractivity contribution in [1.29, 1.82) is 0 Å². The van der Waals surface area contributed by atoms with Crippen LogP contribution in [0.3, 0.4) is 0 Å². The SMILES string of the molecule is CCCCC1OC(=O)C(c2ccccc2)=C1c1ccccc1. The van der Waals surface area contributed by atoms with Crippen molar-refractivity contribution in [3.8, 4) is 0 Å². The van der Waals surface area contributed by atoms with E-state index in [2.05, 4.69) is 19.1 Å². The molecular weight excluding hydrogens is 272 g/mol. The normalized spacial score (nSPS) is 17.7.